The predicted octanol–water partition coefficient (Wildman–Crippen LogP) is 4.66. The van der Waals surface area contributed by atoms with E-state index in [1.807, 2.05) is 7.05 Å². The quantitative estimate of drug-likeness (QED) is 0.315. The van der Waals surface area contributed by atoms with Gasteiger partial charge in [-0.2, -0.15) is 18.2 Å². The van der Waals surface area contributed by atoms with Gasteiger partial charge in [-0.3, -0.25) is 4.55 Å². The first kappa shape index (κ1) is 26.4. The third-order valence-corrected chi connectivity index (χ3v) is 8.88. The summed E-state index contributed by atoms with van der Waals surface area (Å²) >= 11 is 0. The van der Waals surface area contributed by atoms with E-state index in [1.54, 1.807) is 0 Å². The van der Waals surface area contributed by atoms with Gasteiger partial charge in [0, 0.05) is 24.7 Å². The maximum Gasteiger partial charge on any atom is 0.261 e. The van der Waals surface area contributed by atoms with Gasteiger partial charge in [0.1, 0.15) is 5.75 Å². The largest absolute Gasteiger partial charge is 0.494 e. The van der Waals surface area contributed by atoms with Crippen LogP contribution in [0.4, 0.5) is 0 Å². The van der Waals surface area contributed by atoms with Gasteiger partial charge in [-0.05, 0) is 100 Å². The molecular weight excluding hydrogens is 482 g/mol. The number of benzene rings is 1. The van der Waals surface area contributed by atoms with Gasteiger partial charge >= 0.3 is 0 Å². The minimum absolute atomic E-state index is 0.438. The Morgan fingerprint density at radius 1 is 1.00 bits per heavy atom. The van der Waals surface area contributed by atoms with E-state index in [4.69, 9.17) is 23.8 Å². The van der Waals surface area contributed by atoms with Crippen molar-refractivity contribution in [2.75, 3.05) is 26.5 Å². The maximum absolute atomic E-state index is 9.19. The average Bonchev–Trinajstić information content (AvgIpc) is 3.20. The fourth-order valence-corrected chi connectivity index (χ4v) is 7.46. The Labute approximate surface area is 215 Å². The van der Waals surface area contributed by atoms with Gasteiger partial charge in [0.05, 0.1) is 12.9 Å². The van der Waals surface area contributed by atoms with Crippen molar-refractivity contribution in [1.82, 2.24) is 5.32 Å². The summed E-state index contributed by atoms with van der Waals surface area (Å²) in [6.07, 6.45) is 12.3. The summed E-state index contributed by atoms with van der Waals surface area (Å²) in [7, 11) is -1.69. The molecular formula is C27H41NO7S. The molecule has 1 aromatic rings. The van der Waals surface area contributed by atoms with Crippen molar-refractivity contribution in [1.29, 1.82) is 0 Å². The summed E-state index contributed by atoms with van der Waals surface area (Å²) in [5.74, 6) is 3.47. The lowest BCUT2D eigenvalue weighted by Gasteiger charge is -2.57. The summed E-state index contributed by atoms with van der Waals surface area (Å²) in [5.41, 5.74) is 1.40. The molecule has 5 saturated carbocycles. The van der Waals surface area contributed by atoms with E-state index in [0.29, 0.717) is 24.0 Å². The monoisotopic (exact) mass is 523 g/mol. The summed E-state index contributed by atoms with van der Waals surface area (Å²) in [6, 6.07) is 8.72. The second kappa shape index (κ2) is 10.5. The first-order valence-electron chi connectivity index (χ1n) is 13.5. The fraction of sp³-hybridized carbons (Fsp3) is 0.778. The maximum atomic E-state index is 9.19. The first-order valence-corrected chi connectivity index (χ1v) is 15.4. The van der Waals surface area contributed by atoms with E-state index in [0.717, 1.165) is 62.8 Å². The minimum atomic E-state index is -3.67. The molecule has 6 aliphatic rings. The normalized spacial score (nSPS) is 38.8. The van der Waals surface area contributed by atoms with Crippen molar-refractivity contribution < 1.29 is 32.2 Å². The lowest BCUT2D eigenvalue weighted by Crippen LogP contribution is -2.59. The second-order valence-corrected chi connectivity index (χ2v) is 13.1. The van der Waals surface area contributed by atoms with Crippen molar-refractivity contribution in [2.24, 2.45) is 23.7 Å². The molecule has 0 atom stereocenters. The molecule has 0 aromatic heterocycles. The zero-order valence-electron chi connectivity index (χ0n) is 21.5. The van der Waals surface area contributed by atoms with Crippen LogP contribution in [0.1, 0.15) is 75.7 Å². The lowest BCUT2D eigenvalue weighted by molar-refractivity contribution is -0.390. The van der Waals surface area contributed by atoms with Crippen molar-refractivity contribution in [3.8, 4) is 5.75 Å². The Hall–Kier alpha value is -1.23. The van der Waals surface area contributed by atoms with Crippen LogP contribution in [0.15, 0.2) is 24.3 Å². The molecule has 2 N–H and O–H groups in total. The summed E-state index contributed by atoms with van der Waals surface area (Å²) in [5, 5.41) is 3.15. The predicted molar refractivity (Wildman–Crippen MR) is 135 cm³/mol. The zero-order chi connectivity index (χ0) is 25.4. The van der Waals surface area contributed by atoms with Gasteiger partial charge in [0.15, 0.2) is 0 Å². The van der Waals surface area contributed by atoms with Gasteiger partial charge in [-0.25, -0.2) is 0 Å². The molecule has 9 heteroatoms. The molecule has 1 aromatic carbocycles. The van der Waals surface area contributed by atoms with Crippen molar-refractivity contribution in [3.63, 3.8) is 0 Å². The zero-order valence-corrected chi connectivity index (χ0v) is 22.3. The average molecular weight is 524 g/mol. The molecule has 5 aliphatic carbocycles. The molecule has 0 radical (unpaired) electrons. The van der Waals surface area contributed by atoms with E-state index in [2.05, 4.69) is 29.6 Å². The SMILES string of the molecule is CNCCCOc1ccc(C2CCC3(CC2)OOC2(O3)C3CC4CC(C3)CC2C4)cc1.CS(=O)(=O)O. The van der Waals surface area contributed by atoms with Gasteiger partial charge < -0.3 is 14.8 Å². The number of hydrogen-bond donors (Lipinski definition) is 2. The van der Waals surface area contributed by atoms with Crippen LogP contribution in [0, 0.1) is 23.7 Å². The Morgan fingerprint density at radius 3 is 2.14 bits per heavy atom. The highest BCUT2D eigenvalue weighted by molar-refractivity contribution is 7.85. The molecule has 2 spiro atoms. The van der Waals surface area contributed by atoms with Crippen LogP contribution in [-0.2, 0) is 24.6 Å². The standard InChI is InChI=1S/C26H37NO4.CH4O3S/c1-27-11-2-12-28-24-5-3-20(4-6-24)21-7-9-25(10-8-21)29-26(31-30-25)22-14-18-13-19(16-22)17-23(26)15-18;1-5(2,3)4/h3-6,18-19,21-23,27H,2,7-17H2,1H3;1H3,(H,2,3,4). The van der Waals surface area contributed by atoms with Crippen LogP contribution in [0.2, 0.25) is 0 Å². The molecule has 202 valence electrons. The molecule has 7 rings (SSSR count). The van der Waals surface area contributed by atoms with Crippen LogP contribution >= 0.6 is 0 Å². The van der Waals surface area contributed by atoms with Crippen LogP contribution in [0.25, 0.3) is 0 Å². The van der Waals surface area contributed by atoms with Gasteiger partial charge in [0.2, 0.25) is 11.6 Å². The number of hydrogen-bond acceptors (Lipinski definition) is 7. The highest BCUT2D eigenvalue weighted by Crippen LogP contribution is 2.64. The molecule has 8 nitrogen and oxygen atoms in total. The van der Waals surface area contributed by atoms with Crippen molar-refractivity contribution in [2.45, 2.75) is 81.7 Å². The highest BCUT2D eigenvalue weighted by Gasteiger charge is 2.66. The summed E-state index contributed by atoms with van der Waals surface area (Å²) in [6.45, 7) is 1.74. The molecule has 4 bridgehead atoms. The third-order valence-electron chi connectivity index (χ3n) is 8.88. The topological polar surface area (TPSA) is 103 Å². The molecule has 1 saturated heterocycles. The fourth-order valence-electron chi connectivity index (χ4n) is 7.46. The Kier molecular flexibility index (Phi) is 7.69. The molecule has 1 heterocycles. The molecule has 0 unspecified atom stereocenters. The van der Waals surface area contributed by atoms with E-state index in [-0.39, 0.29) is 0 Å². The van der Waals surface area contributed by atoms with E-state index in [9.17, 15) is 8.42 Å². The van der Waals surface area contributed by atoms with Gasteiger partial charge in [-0.15, -0.1) is 0 Å². The number of nitrogens with one attached hydrogen (secondary N) is 1. The number of ether oxygens (including phenoxy) is 2. The second-order valence-electron chi connectivity index (χ2n) is 11.6. The van der Waals surface area contributed by atoms with E-state index in [1.165, 1.54) is 37.7 Å². The van der Waals surface area contributed by atoms with Crippen LogP contribution in [0.3, 0.4) is 0 Å². The van der Waals surface area contributed by atoms with Crippen LogP contribution < -0.4 is 10.1 Å². The Bertz CT molecular complexity index is 952. The first-order chi connectivity index (χ1) is 17.2. The Morgan fingerprint density at radius 2 is 1.58 bits per heavy atom. The third kappa shape index (κ3) is 5.76. The smallest absolute Gasteiger partial charge is 0.261 e. The Balaban J connectivity index is 0.000000489. The van der Waals surface area contributed by atoms with E-state index >= 15 is 0 Å². The van der Waals surface area contributed by atoms with Gasteiger partial charge in [0.25, 0.3) is 10.1 Å². The number of rotatable bonds is 6. The van der Waals surface area contributed by atoms with Crippen molar-refractivity contribution in [3.05, 3.63) is 29.8 Å². The van der Waals surface area contributed by atoms with Crippen LogP contribution in [-0.4, -0.2) is 51.0 Å². The van der Waals surface area contributed by atoms with Crippen molar-refractivity contribution >= 4 is 10.1 Å². The molecule has 1 aliphatic heterocycles. The molecule has 36 heavy (non-hydrogen) atoms. The highest BCUT2D eigenvalue weighted by atomic mass is 32.2. The minimum Gasteiger partial charge on any atom is -0.494 e. The molecule has 6 fully saturated rings. The summed E-state index contributed by atoms with van der Waals surface area (Å²) < 4.78 is 38.6. The summed E-state index contributed by atoms with van der Waals surface area (Å²) in [4.78, 5) is 12.3. The van der Waals surface area contributed by atoms with Gasteiger partial charge in [-0.1, -0.05) is 12.1 Å². The molecule has 0 amide bonds. The lowest BCUT2D eigenvalue weighted by atomic mass is 9.53. The van der Waals surface area contributed by atoms with Crippen LogP contribution in [0.5, 0.6) is 5.75 Å². The van der Waals surface area contributed by atoms with E-state index < -0.39 is 21.7 Å².